The van der Waals surface area contributed by atoms with Crippen molar-refractivity contribution in [2.75, 3.05) is 19.7 Å². The monoisotopic (exact) mass is 316 g/mol. The highest BCUT2D eigenvalue weighted by Crippen LogP contribution is 2.27. The fraction of sp³-hybridized carbons (Fsp3) is 0.500. The molecular weight excluding hydrogens is 299 g/mol. The number of hydrogen-bond acceptors (Lipinski definition) is 3. The predicted molar refractivity (Wildman–Crippen MR) is 80.3 cm³/mol. The zero-order valence-corrected chi connectivity index (χ0v) is 12.8. The van der Waals surface area contributed by atoms with Crippen molar-refractivity contribution in [3.8, 4) is 5.75 Å². The first kappa shape index (κ1) is 15.4. The lowest BCUT2D eigenvalue weighted by Gasteiger charge is -2.21. The van der Waals surface area contributed by atoms with Gasteiger partial charge in [0.05, 0.1) is 10.0 Å². The van der Waals surface area contributed by atoms with Crippen LogP contribution in [0.3, 0.4) is 0 Å². The first-order chi connectivity index (χ1) is 9.51. The molecule has 1 amide bonds. The average Bonchev–Trinajstić information content (AvgIpc) is 2.81. The minimum atomic E-state index is -0.0282. The number of nitrogens with zero attached hydrogens (tertiary/aromatic N) is 1. The summed E-state index contributed by atoms with van der Waals surface area (Å²) in [7, 11) is 0. The molecule has 2 N–H and O–H groups in total. The second-order valence-electron chi connectivity index (χ2n) is 5.10. The van der Waals surface area contributed by atoms with Crippen molar-refractivity contribution in [2.24, 2.45) is 11.7 Å². The van der Waals surface area contributed by atoms with Crippen molar-refractivity contribution in [1.29, 1.82) is 0 Å². The molecule has 1 aromatic carbocycles. The maximum absolute atomic E-state index is 12.1. The normalized spacial score (nSPS) is 22.1. The van der Waals surface area contributed by atoms with Gasteiger partial charge in [-0.3, -0.25) is 4.79 Å². The molecule has 110 valence electrons. The highest BCUT2D eigenvalue weighted by molar-refractivity contribution is 6.42. The van der Waals surface area contributed by atoms with E-state index in [9.17, 15) is 4.79 Å². The number of benzene rings is 1. The Kier molecular flexibility index (Phi) is 5.13. The van der Waals surface area contributed by atoms with Gasteiger partial charge in [-0.1, -0.05) is 23.2 Å². The van der Waals surface area contributed by atoms with Crippen LogP contribution in [0.25, 0.3) is 0 Å². The zero-order chi connectivity index (χ0) is 14.7. The van der Waals surface area contributed by atoms with E-state index in [0.29, 0.717) is 34.8 Å². The van der Waals surface area contributed by atoms with Crippen molar-refractivity contribution in [3.05, 3.63) is 28.2 Å². The molecule has 1 aliphatic heterocycles. The topological polar surface area (TPSA) is 55.6 Å². The summed E-state index contributed by atoms with van der Waals surface area (Å²) in [5.41, 5.74) is 5.66. The number of carbonyl (C=O) groups excluding carboxylic acids is 1. The number of rotatable bonds is 4. The molecule has 0 bridgehead atoms. The van der Waals surface area contributed by atoms with Gasteiger partial charge in [0.1, 0.15) is 5.75 Å². The van der Waals surface area contributed by atoms with Crippen LogP contribution in [0.4, 0.5) is 0 Å². The number of hydrogen-bond donors (Lipinski definition) is 1. The fourth-order valence-electron chi connectivity index (χ4n) is 2.46. The molecular formula is C14H18Cl2N2O2. The van der Waals surface area contributed by atoms with E-state index in [1.165, 1.54) is 0 Å². The quantitative estimate of drug-likeness (QED) is 0.928. The standard InChI is InChI=1S/C14H18Cl2N2O2/c1-9-4-10(6-17)7-18(9)14(19)8-20-11-2-3-12(15)13(16)5-11/h2-3,5,9-10H,4,6-8,17H2,1H3. The third kappa shape index (κ3) is 3.57. The Bertz CT molecular complexity index is 496. The summed E-state index contributed by atoms with van der Waals surface area (Å²) >= 11 is 11.7. The molecule has 1 aromatic rings. The van der Waals surface area contributed by atoms with Gasteiger partial charge in [0.25, 0.3) is 5.91 Å². The third-order valence-electron chi connectivity index (χ3n) is 3.57. The molecule has 0 aromatic heterocycles. The van der Waals surface area contributed by atoms with E-state index in [0.717, 1.165) is 6.42 Å². The van der Waals surface area contributed by atoms with Gasteiger partial charge < -0.3 is 15.4 Å². The van der Waals surface area contributed by atoms with Crippen LogP contribution in [0, 0.1) is 5.92 Å². The van der Waals surface area contributed by atoms with Crippen LogP contribution < -0.4 is 10.5 Å². The molecule has 2 atom stereocenters. The van der Waals surface area contributed by atoms with E-state index >= 15 is 0 Å². The molecule has 0 aliphatic carbocycles. The Labute approximate surface area is 128 Å². The van der Waals surface area contributed by atoms with Gasteiger partial charge in [0.15, 0.2) is 6.61 Å². The average molecular weight is 317 g/mol. The van der Waals surface area contributed by atoms with E-state index in [4.69, 9.17) is 33.7 Å². The number of ether oxygens (including phenoxy) is 1. The summed E-state index contributed by atoms with van der Waals surface area (Å²) in [4.78, 5) is 14.0. The van der Waals surface area contributed by atoms with E-state index in [-0.39, 0.29) is 18.6 Å². The van der Waals surface area contributed by atoms with Gasteiger partial charge in [0.2, 0.25) is 0 Å². The molecule has 2 rings (SSSR count). The molecule has 6 heteroatoms. The summed E-state index contributed by atoms with van der Waals surface area (Å²) in [6.45, 7) is 3.36. The maximum atomic E-state index is 12.1. The number of likely N-dealkylation sites (tertiary alicyclic amines) is 1. The Morgan fingerprint density at radius 3 is 2.80 bits per heavy atom. The van der Waals surface area contributed by atoms with Crippen LogP contribution in [-0.2, 0) is 4.79 Å². The SMILES string of the molecule is CC1CC(CN)CN1C(=O)COc1ccc(Cl)c(Cl)c1. The van der Waals surface area contributed by atoms with Gasteiger partial charge in [-0.15, -0.1) is 0 Å². The zero-order valence-electron chi connectivity index (χ0n) is 11.3. The molecule has 1 fully saturated rings. The van der Waals surface area contributed by atoms with Crippen molar-refractivity contribution >= 4 is 29.1 Å². The lowest BCUT2D eigenvalue weighted by atomic mass is 10.1. The Hall–Kier alpha value is -0.970. The molecule has 20 heavy (non-hydrogen) atoms. The largest absolute Gasteiger partial charge is 0.484 e. The smallest absolute Gasteiger partial charge is 0.260 e. The van der Waals surface area contributed by atoms with Crippen LogP contribution in [0.5, 0.6) is 5.75 Å². The minimum Gasteiger partial charge on any atom is -0.484 e. The van der Waals surface area contributed by atoms with Gasteiger partial charge in [0, 0.05) is 18.7 Å². The number of carbonyl (C=O) groups is 1. The highest BCUT2D eigenvalue weighted by Gasteiger charge is 2.31. The van der Waals surface area contributed by atoms with E-state index < -0.39 is 0 Å². The first-order valence-electron chi connectivity index (χ1n) is 6.58. The van der Waals surface area contributed by atoms with Crippen LogP contribution >= 0.6 is 23.2 Å². The highest BCUT2D eigenvalue weighted by atomic mass is 35.5. The molecule has 1 heterocycles. The number of nitrogens with two attached hydrogens (primary N) is 1. The van der Waals surface area contributed by atoms with Crippen LogP contribution in [0.1, 0.15) is 13.3 Å². The summed E-state index contributed by atoms with van der Waals surface area (Å²) in [6, 6.07) is 5.16. The Morgan fingerprint density at radius 2 is 2.20 bits per heavy atom. The minimum absolute atomic E-state index is 0.000404. The van der Waals surface area contributed by atoms with Gasteiger partial charge in [-0.05, 0) is 37.9 Å². The molecule has 0 spiro atoms. The van der Waals surface area contributed by atoms with Crippen LogP contribution in [0.15, 0.2) is 18.2 Å². The number of halogens is 2. The van der Waals surface area contributed by atoms with Gasteiger partial charge >= 0.3 is 0 Å². The fourth-order valence-corrected chi connectivity index (χ4v) is 2.74. The van der Waals surface area contributed by atoms with Crippen molar-refractivity contribution in [1.82, 2.24) is 4.90 Å². The van der Waals surface area contributed by atoms with Crippen molar-refractivity contribution < 1.29 is 9.53 Å². The summed E-state index contributed by atoms with van der Waals surface area (Å²) in [5.74, 6) is 0.897. The molecule has 4 nitrogen and oxygen atoms in total. The molecule has 1 saturated heterocycles. The van der Waals surface area contributed by atoms with E-state index in [1.807, 2.05) is 11.8 Å². The third-order valence-corrected chi connectivity index (χ3v) is 4.31. The van der Waals surface area contributed by atoms with E-state index in [1.54, 1.807) is 18.2 Å². The van der Waals surface area contributed by atoms with Gasteiger partial charge in [-0.25, -0.2) is 0 Å². The second-order valence-corrected chi connectivity index (χ2v) is 5.91. The lowest BCUT2D eigenvalue weighted by molar-refractivity contribution is -0.134. The second kappa shape index (κ2) is 6.66. The summed E-state index contributed by atoms with van der Waals surface area (Å²) in [5, 5.41) is 0.874. The molecule has 0 radical (unpaired) electrons. The Balaban J connectivity index is 1.90. The van der Waals surface area contributed by atoms with Crippen molar-refractivity contribution in [2.45, 2.75) is 19.4 Å². The lowest BCUT2D eigenvalue weighted by Crippen LogP contribution is -2.37. The summed E-state index contributed by atoms with van der Waals surface area (Å²) < 4.78 is 5.47. The first-order valence-corrected chi connectivity index (χ1v) is 7.34. The predicted octanol–water partition coefficient (Wildman–Crippen LogP) is 2.57. The van der Waals surface area contributed by atoms with Crippen LogP contribution in [-0.4, -0.2) is 36.5 Å². The number of amides is 1. The van der Waals surface area contributed by atoms with Crippen LogP contribution in [0.2, 0.25) is 10.0 Å². The van der Waals surface area contributed by atoms with Gasteiger partial charge in [-0.2, -0.15) is 0 Å². The van der Waals surface area contributed by atoms with Crippen molar-refractivity contribution in [3.63, 3.8) is 0 Å². The Morgan fingerprint density at radius 1 is 1.45 bits per heavy atom. The summed E-state index contributed by atoms with van der Waals surface area (Å²) in [6.07, 6.45) is 0.953. The maximum Gasteiger partial charge on any atom is 0.260 e. The molecule has 2 unspecified atom stereocenters. The molecule has 1 aliphatic rings. The molecule has 0 saturated carbocycles. The van der Waals surface area contributed by atoms with E-state index in [2.05, 4.69) is 0 Å².